The Morgan fingerprint density at radius 3 is 2.79 bits per heavy atom. The third-order valence-corrected chi connectivity index (χ3v) is 2.42. The minimum absolute atomic E-state index is 0.112. The molecule has 1 aromatic rings. The van der Waals surface area contributed by atoms with Crippen LogP contribution in [-0.2, 0) is 11.2 Å². The van der Waals surface area contributed by atoms with Crippen LogP contribution in [-0.4, -0.2) is 25.8 Å². The molecule has 0 aliphatic carbocycles. The first-order valence-corrected chi connectivity index (χ1v) is 4.91. The van der Waals surface area contributed by atoms with E-state index in [-0.39, 0.29) is 5.82 Å². The Balaban J connectivity index is 1.76. The molecular formula is C11H14FNO. The number of halogens is 1. The zero-order valence-electron chi connectivity index (χ0n) is 8.00. The highest BCUT2D eigenvalue weighted by atomic mass is 19.1. The molecule has 0 aromatic heterocycles. The largest absolute Gasteiger partial charge is 0.378 e. The van der Waals surface area contributed by atoms with Crippen LogP contribution in [0.4, 0.5) is 4.39 Å². The van der Waals surface area contributed by atoms with Crippen molar-refractivity contribution in [3.05, 3.63) is 35.6 Å². The summed E-state index contributed by atoms with van der Waals surface area (Å²) >= 11 is 0. The summed E-state index contributed by atoms with van der Waals surface area (Å²) in [5.41, 5.74) is 0.778. The Morgan fingerprint density at radius 1 is 1.36 bits per heavy atom. The number of ether oxygens (including phenoxy) is 1. The van der Waals surface area contributed by atoms with Crippen molar-refractivity contribution in [1.29, 1.82) is 0 Å². The second-order valence-electron chi connectivity index (χ2n) is 3.53. The van der Waals surface area contributed by atoms with Crippen molar-refractivity contribution in [2.75, 3.05) is 19.8 Å². The van der Waals surface area contributed by atoms with E-state index in [0.717, 1.165) is 31.7 Å². The molecule has 1 fully saturated rings. The second-order valence-corrected chi connectivity index (χ2v) is 3.53. The molecule has 76 valence electrons. The first kappa shape index (κ1) is 9.62. The number of hydrogen-bond donors (Lipinski definition) is 1. The van der Waals surface area contributed by atoms with E-state index in [9.17, 15) is 4.39 Å². The van der Waals surface area contributed by atoms with Gasteiger partial charge < -0.3 is 10.1 Å². The number of hydrogen-bond acceptors (Lipinski definition) is 2. The second kappa shape index (κ2) is 4.53. The van der Waals surface area contributed by atoms with E-state index < -0.39 is 0 Å². The fourth-order valence-corrected chi connectivity index (χ4v) is 1.47. The zero-order chi connectivity index (χ0) is 9.80. The smallest absolute Gasteiger partial charge is 0.126 e. The Hall–Kier alpha value is -0.930. The van der Waals surface area contributed by atoms with Crippen LogP contribution in [0.3, 0.4) is 0 Å². The molecule has 2 rings (SSSR count). The quantitative estimate of drug-likeness (QED) is 0.783. The standard InChI is InChI=1S/C11H14FNO/c12-11-4-2-1-3-9(11)5-6-13-10-7-14-8-10/h1-4,10,13H,5-8H2. The molecule has 1 aliphatic heterocycles. The van der Waals surface area contributed by atoms with Gasteiger partial charge in [0, 0.05) is 0 Å². The van der Waals surface area contributed by atoms with Gasteiger partial charge in [-0.15, -0.1) is 0 Å². The highest BCUT2D eigenvalue weighted by Crippen LogP contribution is 2.07. The molecule has 2 nitrogen and oxygen atoms in total. The van der Waals surface area contributed by atoms with E-state index in [2.05, 4.69) is 5.32 Å². The van der Waals surface area contributed by atoms with Crippen LogP contribution >= 0.6 is 0 Å². The Bertz CT molecular complexity index is 299. The van der Waals surface area contributed by atoms with Crippen molar-refractivity contribution in [1.82, 2.24) is 5.32 Å². The summed E-state index contributed by atoms with van der Waals surface area (Å²) in [6.07, 6.45) is 0.739. The summed E-state index contributed by atoms with van der Waals surface area (Å²) in [5, 5.41) is 3.30. The lowest BCUT2D eigenvalue weighted by molar-refractivity contribution is -0.00469. The van der Waals surface area contributed by atoms with Gasteiger partial charge in [-0.05, 0) is 24.6 Å². The molecular weight excluding hydrogens is 181 g/mol. The normalized spacial score (nSPS) is 16.6. The van der Waals surface area contributed by atoms with Crippen LogP contribution in [0.5, 0.6) is 0 Å². The van der Waals surface area contributed by atoms with Crippen LogP contribution < -0.4 is 5.32 Å². The van der Waals surface area contributed by atoms with Crippen molar-refractivity contribution in [2.24, 2.45) is 0 Å². The van der Waals surface area contributed by atoms with Gasteiger partial charge in [-0.3, -0.25) is 0 Å². The maximum Gasteiger partial charge on any atom is 0.126 e. The van der Waals surface area contributed by atoms with Gasteiger partial charge in [-0.25, -0.2) is 4.39 Å². The molecule has 1 N–H and O–H groups in total. The van der Waals surface area contributed by atoms with Crippen LogP contribution in [0, 0.1) is 5.82 Å². The van der Waals surface area contributed by atoms with E-state index in [0.29, 0.717) is 6.04 Å². The maximum absolute atomic E-state index is 13.2. The van der Waals surface area contributed by atoms with Crippen molar-refractivity contribution < 1.29 is 9.13 Å². The van der Waals surface area contributed by atoms with Gasteiger partial charge in [0.05, 0.1) is 19.3 Å². The third kappa shape index (κ3) is 2.30. The summed E-state index contributed by atoms with van der Waals surface area (Å²) in [4.78, 5) is 0. The summed E-state index contributed by atoms with van der Waals surface area (Å²) in [6, 6.07) is 7.38. The predicted molar refractivity (Wildman–Crippen MR) is 52.7 cm³/mol. The highest BCUT2D eigenvalue weighted by molar-refractivity contribution is 5.17. The van der Waals surface area contributed by atoms with Crippen LogP contribution in [0.2, 0.25) is 0 Å². The lowest BCUT2D eigenvalue weighted by Crippen LogP contribution is -2.46. The maximum atomic E-state index is 13.2. The van der Waals surface area contributed by atoms with Gasteiger partial charge in [0.1, 0.15) is 5.82 Å². The first-order chi connectivity index (χ1) is 6.86. The van der Waals surface area contributed by atoms with Gasteiger partial charge in [-0.2, -0.15) is 0 Å². The summed E-state index contributed by atoms with van der Waals surface area (Å²) in [6.45, 7) is 2.39. The van der Waals surface area contributed by atoms with E-state index in [1.165, 1.54) is 6.07 Å². The van der Waals surface area contributed by atoms with E-state index in [4.69, 9.17) is 4.74 Å². The van der Waals surface area contributed by atoms with Gasteiger partial charge in [0.15, 0.2) is 0 Å². The van der Waals surface area contributed by atoms with Crippen molar-refractivity contribution >= 4 is 0 Å². The molecule has 0 atom stereocenters. The molecule has 0 spiro atoms. The number of rotatable bonds is 4. The van der Waals surface area contributed by atoms with E-state index in [1.807, 2.05) is 12.1 Å². The highest BCUT2D eigenvalue weighted by Gasteiger charge is 2.16. The minimum Gasteiger partial charge on any atom is -0.378 e. The lowest BCUT2D eigenvalue weighted by Gasteiger charge is -2.26. The third-order valence-electron chi connectivity index (χ3n) is 2.42. The molecule has 0 amide bonds. The summed E-state index contributed by atoms with van der Waals surface area (Å²) < 4.78 is 18.2. The lowest BCUT2D eigenvalue weighted by atomic mass is 10.1. The zero-order valence-corrected chi connectivity index (χ0v) is 8.00. The van der Waals surface area contributed by atoms with Gasteiger partial charge in [0.2, 0.25) is 0 Å². The molecule has 14 heavy (non-hydrogen) atoms. The molecule has 1 aromatic carbocycles. The van der Waals surface area contributed by atoms with Crippen molar-refractivity contribution in [2.45, 2.75) is 12.5 Å². The van der Waals surface area contributed by atoms with Gasteiger partial charge >= 0.3 is 0 Å². The van der Waals surface area contributed by atoms with E-state index >= 15 is 0 Å². The van der Waals surface area contributed by atoms with Crippen LogP contribution in [0.15, 0.2) is 24.3 Å². The summed E-state index contributed by atoms with van der Waals surface area (Å²) in [7, 11) is 0. The van der Waals surface area contributed by atoms with Crippen molar-refractivity contribution in [3.63, 3.8) is 0 Å². The van der Waals surface area contributed by atoms with Crippen molar-refractivity contribution in [3.8, 4) is 0 Å². The molecule has 1 aliphatic rings. The van der Waals surface area contributed by atoms with Gasteiger partial charge in [0.25, 0.3) is 0 Å². The average molecular weight is 195 g/mol. The summed E-state index contributed by atoms with van der Waals surface area (Å²) in [5.74, 6) is -0.112. The molecule has 0 saturated carbocycles. The fourth-order valence-electron chi connectivity index (χ4n) is 1.47. The Labute approximate surface area is 83.1 Å². The first-order valence-electron chi connectivity index (χ1n) is 4.91. The molecule has 1 heterocycles. The molecule has 0 bridgehead atoms. The molecule has 0 radical (unpaired) electrons. The molecule has 1 saturated heterocycles. The van der Waals surface area contributed by atoms with Crippen LogP contribution in [0.1, 0.15) is 5.56 Å². The average Bonchev–Trinajstić information content (AvgIpc) is 2.12. The number of benzene rings is 1. The van der Waals surface area contributed by atoms with Gasteiger partial charge in [-0.1, -0.05) is 18.2 Å². The molecule has 0 unspecified atom stereocenters. The Morgan fingerprint density at radius 2 is 2.14 bits per heavy atom. The topological polar surface area (TPSA) is 21.3 Å². The Kier molecular flexibility index (Phi) is 3.11. The van der Waals surface area contributed by atoms with E-state index in [1.54, 1.807) is 6.07 Å². The fraction of sp³-hybridized carbons (Fsp3) is 0.455. The predicted octanol–water partition coefficient (Wildman–Crippen LogP) is 1.36. The van der Waals surface area contributed by atoms with Crippen LogP contribution in [0.25, 0.3) is 0 Å². The number of nitrogens with one attached hydrogen (secondary N) is 1. The minimum atomic E-state index is -0.112. The SMILES string of the molecule is Fc1ccccc1CCNC1COC1. The monoisotopic (exact) mass is 195 g/mol. The molecule has 3 heteroatoms.